The predicted octanol–water partition coefficient (Wildman–Crippen LogP) is 14.9. The predicted molar refractivity (Wildman–Crippen MR) is 223 cm³/mol. The fourth-order valence-electron chi connectivity index (χ4n) is 9.17. The Balaban J connectivity index is 1.62. The van der Waals surface area contributed by atoms with E-state index in [1.165, 1.54) is 66.8 Å². The van der Waals surface area contributed by atoms with Crippen molar-refractivity contribution in [2.45, 2.75) is 100 Å². The molecule has 0 nitrogen and oxygen atoms in total. The Bertz CT molecular complexity index is 1830. The molecule has 4 aromatic carbocycles. The van der Waals surface area contributed by atoms with E-state index in [0.29, 0.717) is 23.7 Å². The van der Waals surface area contributed by atoms with Crippen molar-refractivity contribution in [3.63, 3.8) is 0 Å². The molecule has 263 valence electrons. The van der Waals surface area contributed by atoms with Gasteiger partial charge in [-0.2, -0.15) is 0 Å². The Morgan fingerprint density at radius 2 is 0.900 bits per heavy atom. The van der Waals surface area contributed by atoms with Gasteiger partial charge in [0.1, 0.15) is 0 Å². The van der Waals surface area contributed by atoms with E-state index in [1.54, 1.807) is 0 Å². The Morgan fingerprint density at radius 1 is 0.540 bits per heavy atom. The van der Waals surface area contributed by atoms with Crippen LogP contribution in [-0.2, 0) is 15.6 Å². The third-order valence-electron chi connectivity index (χ3n) is 12.5. The van der Waals surface area contributed by atoms with Crippen LogP contribution in [-0.4, -0.2) is 5.92 Å². The molecule has 2 aliphatic carbocycles. The minimum absolute atomic E-state index is 0.0753. The molecular weight excluding hydrogens is 743 g/mol. The second-order valence-electron chi connectivity index (χ2n) is 16.3. The van der Waals surface area contributed by atoms with E-state index in [0.717, 1.165) is 12.8 Å². The maximum atomic E-state index is 8.84. The second kappa shape index (κ2) is 14.5. The number of allylic oxidation sites excluding steroid dienone is 2. The zero-order chi connectivity index (χ0) is 36.1. The van der Waals surface area contributed by atoms with Crippen molar-refractivity contribution in [2.24, 2.45) is 11.8 Å². The quantitative estimate of drug-likeness (QED) is 0.133. The normalized spacial score (nSPS) is 19.2. The topological polar surface area (TPSA) is 0 Å². The van der Waals surface area contributed by atoms with Gasteiger partial charge in [0.25, 0.3) is 0 Å². The molecule has 4 unspecified atom stereocenters. The summed E-state index contributed by atoms with van der Waals surface area (Å²) in [6, 6.07) is 32.1. The molecule has 0 heterocycles. The van der Waals surface area contributed by atoms with Crippen molar-refractivity contribution >= 4 is 35.1 Å². The number of hydrogen-bond donors (Lipinski definition) is 0. The van der Waals surface area contributed by atoms with Crippen molar-refractivity contribution in [3.05, 3.63) is 129 Å². The molecule has 0 saturated heterocycles. The van der Waals surface area contributed by atoms with E-state index in [4.69, 9.17) is 17.0 Å². The molecule has 2 aliphatic rings. The summed E-state index contributed by atoms with van der Waals surface area (Å²) >= 11 is -4.94. The van der Waals surface area contributed by atoms with Crippen LogP contribution in [0.2, 0.25) is 13.1 Å². The first-order chi connectivity index (χ1) is 23.8. The Hall–Kier alpha value is -1.96. The van der Waals surface area contributed by atoms with Gasteiger partial charge in [0.05, 0.1) is 0 Å². The van der Waals surface area contributed by atoms with Crippen molar-refractivity contribution in [3.8, 4) is 22.3 Å². The number of hydrogen-bond acceptors (Lipinski definition) is 0. The zero-order valence-corrected chi connectivity index (χ0v) is 37.1. The number of rotatable bonds is 11. The molecule has 0 aliphatic heterocycles. The standard InChI is InChI=1S/2C22H25.C2H7Si.2ClH.Zr/c2*1-5-16(4)19-10-6-7-11-20(19)21-12-8-9-17-13-18(15(2)3)14-22(17)21;1-3-2;;;/h2*6-16H,5H2,1-4H3;3H,1-2H3;2*1H;/q;;;;;+2/p-2. The summed E-state index contributed by atoms with van der Waals surface area (Å²) in [4.78, 5) is 0. The summed E-state index contributed by atoms with van der Waals surface area (Å²) in [5.41, 5.74) is 16.5. The zero-order valence-electron chi connectivity index (χ0n) is 31.9. The molecule has 6 rings (SSSR count). The molecule has 0 bridgehead atoms. The van der Waals surface area contributed by atoms with Crippen molar-refractivity contribution < 1.29 is 15.6 Å². The Kier molecular flexibility index (Phi) is 10.9. The van der Waals surface area contributed by atoms with E-state index in [9.17, 15) is 0 Å². The van der Waals surface area contributed by atoms with Crippen molar-refractivity contribution in [1.82, 2.24) is 0 Å². The first-order valence-electron chi connectivity index (χ1n) is 19.2. The first-order valence-corrected chi connectivity index (χ1v) is 35.5. The van der Waals surface area contributed by atoms with Crippen LogP contribution in [0.5, 0.6) is 0 Å². The summed E-state index contributed by atoms with van der Waals surface area (Å²) in [6.45, 7) is 23.7. The average molecular weight is 800 g/mol. The van der Waals surface area contributed by atoms with Crippen molar-refractivity contribution in [2.75, 3.05) is 0 Å². The van der Waals surface area contributed by atoms with Crippen LogP contribution in [0.1, 0.15) is 121 Å². The number of halogens is 2. The van der Waals surface area contributed by atoms with E-state index in [2.05, 4.69) is 166 Å². The van der Waals surface area contributed by atoms with Crippen LogP contribution in [0.25, 0.3) is 34.4 Å². The van der Waals surface area contributed by atoms with E-state index >= 15 is 0 Å². The molecule has 4 atom stereocenters. The molecule has 0 aromatic heterocycles. The summed E-state index contributed by atoms with van der Waals surface area (Å²) < 4.78 is 0.151. The van der Waals surface area contributed by atoms with Gasteiger partial charge in [0.2, 0.25) is 0 Å². The van der Waals surface area contributed by atoms with Crippen LogP contribution in [0.15, 0.2) is 96.1 Å². The monoisotopic (exact) mass is 797 g/mol. The summed E-state index contributed by atoms with van der Waals surface area (Å²) in [5, 5.41) is 0. The number of benzene rings is 4. The van der Waals surface area contributed by atoms with Gasteiger partial charge in [-0.15, -0.1) is 0 Å². The van der Waals surface area contributed by atoms with Gasteiger partial charge < -0.3 is 0 Å². The first kappa shape index (κ1) is 37.8. The van der Waals surface area contributed by atoms with Gasteiger partial charge >= 0.3 is 315 Å². The summed E-state index contributed by atoms with van der Waals surface area (Å²) in [5.74, 6) is -0.0439. The van der Waals surface area contributed by atoms with Gasteiger partial charge in [-0.05, 0) is 0 Å². The molecule has 4 heteroatoms. The van der Waals surface area contributed by atoms with Gasteiger partial charge in [-0.25, -0.2) is 0 Å². The maximum absolute atomic E-state index is 8.84. The van der Waals surface area contributed by atoms with E-state index in [1.807, 2.05) is 0 Å². The molecule has 0 fully saturated rings. The molecule has 50 heavy (non-hydrogen) atoms. The third kappa shape index (κ3) is 6.07. The van der Waals surface area contributed by atoms with Crippen LogP contribution >= 0.6 is 17.0 Å². The second-order valence-corrected chi connectivity index (χ2v) is 58.8. The molecule has 0 radical (unpaired) electrons. The van der Waals surface area contributed by atoms with Gasteiger partial charge in [-0.3, -0.25) is 0 Å². The van der Waals surface area contributed by atoms with Gasteiger partial charge in [-0.1, -0.05) is 0 Å². The molecule has 0 spiro atoms. The van der Waals surface area contributed by atoms with Gasteiger partial charge in [0.15, 0.2) is 0 Å². The third-order valence-corrected chi connectivity index (χ3v) is 64.2. The van der Waals surface area contributed by atoms with Crippen LogP contribution < -0.4 is 0 Å². The fourth-order valence-corrected chi connectivity index (χ4v) is 40.7. The molecule has 0 amide bonds. The molecular formula is C46H57Cl2SiZr. The minimum atomic E-state index is -4.94. The van der Waals surface area contributed by atoms with Crippen LogP contribution in [0, 0.1) is 11.8 Å². The van der Waals surface area contributed by atoms with Crippen LogP contribution in [0.4, 0.5) is 0 Å². The Labute approximate surface area is 312 Å². The van der Waals surface area contributed by atoms with Gasteiger partial charge in [0, 0.05) is 0 Å². The summed E-state index contributed by atoms with van der Waals surface area (Å²) in [6.07, 6.45) is 7.27. The molecule has 0 saturated carbocycles. The Morgan fingerprint density at radius 3 is 1.24 bits per heavy atom. The molecule has 4 aromatic rings. The molecule has 0 N–H and O–H groups in total. The van der Waals surface area contributed by atoms with Crippen molar-refractivity contribution in [1.29, 1.82) is 0 Å². The fraction of sp³-hybridized carbons (Fsp3) is 0.391. The SMILES string of the molecule is CCC(C)c1ccccc1-c1cccc2c1C=C(C(C)C)[CH]2[Zr]([Cl])([Cl])([CH]1C(C(C)C)=Cc2c(-c3ccccc3C(C)CC)cccc21)[SiH](C)C. The van der Waals surface area contributed by atoms with E-state index in [-0.39, 0.29) is 7.25 Å². The summed E-state index contributed by atoms with van der Waals surface area (Å²) in [7, 11) is 17.7. The number of fused-ring (bicyclic) bond motifs is 2. The average Bonchev–Trinajstić information content (AvgIpc) is 3.72. The van der Waals surface area contributed by atoms with Crippen LogP contribution in [0.3, 0.4) is 0 Å². The van der Waals surface area contributed by atoms with E-state index < -0.39 is 21.5 Å².